The molecule has 0 aliphatic heterocycles. The van der Waals surface area contributed by atoms with Crippen molar-refractivity contribution in [2.45, 2.75) is 19.8 Å². The van der Waals surface area contributed by atoms with Crippen LogP contribution < -0.4 is 20.9 Å². The number of unbranched alkanes of at least 4 members (excludes halogenated alkanes) is 1. The molecule has 35 heavy (non-hydrogen) atoms. The van der Waals surface area contributed by atoms with Gasteiger partial charge in [0.15, 0.2) is 0 Å². The number of nitrogens with two attached hydrogens (primary N) is 2. The first kappa shape index (κ1) is 25.4. The standard InChI is InChI=1S/C28H29N2O5/c1-2-3-15-33-25-9-11-26(12-10-25)35-27(31)13-6-20-4-7-22(8-5-20)28(32)34-16-14-21-17-23(29)19-24(30)18-21/h4-14,17-19H,2-3,15-16,29-30H2,1H3/b13-6+. The molecule has 0 aliphatic rings. The second-order valence-electron chi connectivity index (χ2n) is 7.79. The highest BCUT2D eigenvalue weighted by atomic mass is 16.5. The highest BCUT2D eigenvalue weighted by molar-refractivity contribution is 5.91. The van der Waals surface area contributed by atoms with Crippen LogP contribution in [-0.4, -0.2) is 25.2 Å². The SMILES string of the molecule is CCCCOc1ccc(OC(=O)/C=C/c2ccc(C(=O)OC[CH]c3cc(N)cc(N)c3)cc2)cc1. The Labute approximate surface area is 205 Å². The number of esters is 2. The van der Waals surface area contributed by atoms with E-state index in [4.69, 9.17) is 25.7 Å². The van der Waals surface area contributed by atoms with E-state index in [1.165, 1.54) is 6.08 Å². The van der Waals surface area contributed by atoms with Gasteiger partial charge in [0.1, 0.15) is 11.5 Å². The summed E-state index contributed by atoms with van der Waals surface area (Å²) in [4.78, 5) is 24.4. The monoisotopic (exact) mass is 473 g/mol. The molecule has 0 fully saturated rings. The van der Waals surface area contributed by atoms with Gasteiger partial charge in [0.25, 0.3) is 0 Å². The van der Waals surface area contributed by atoms with Gasteiger partial charge < -0.3 is 25.7 Å². The quantitative estimate of drug-likeness (QED) is 0.132. The van der Waals surface area contributed by atoms with Crippen molar-refractivity contribution in [1.82, 2.24) is 0 Å². The minimum atomic E-state index is -0.508. The molecule has 7 heteroatoms. The molecule has 0 aliphatic carbocycles. The van der Waals surface area contributed by atoms with E-state index in [0.29, 0.717) is 29.3 Å². The molecule has 0 spiro atoms. The highest BCUT2D eigenvalue weighted by Crippen LogP contribution is 2.19. The van der Waals surface area contributed by atoms with Crippen LogP contribution in [0.25, 0.3) is 6.08 Å². The van der Waals surface area contributed by atoms with Gasteiger partial charge in [-0.15, -0.1) is 0 Å². The second kappa shape index (κ2) is 12.8. The van der Waals surface area contributed by atoms with Gasteiger partial charge in [0.05, 0.1) is 18.8 Å². The predicted molar refractivity (Wildman–Crippen MR) is 137 cm³/mol. The Morgan fingerprint density at radius 2 is 1.51 bits per heavy atom. The number of nitrogen functional groups attached to an aromatic ring is 2. The Morgan fingerprint density at radius 1 is 0.857 bits per heavy atom. The Balaban J connectivity index is 1.45. The highest BCUT2D eigenvalue weighted by Gasteiger charge is 2.08. The number of carbonyl (C=O) groups excluding carboxylic acids is 2. The minimum Gasteiger partial charge on any atom is -0.494 e. The van der Waals surface area contributed by atoms with E-state index >= 15 is 0 Å². The van der Waals surface area contributed by atoms with Crippen LogP contribution in [0.5, 0.6) is 11.5 Å². The molecular formula is C28H29N2O5. The maximum Gasteiger partial charge on any atom is 0.338 e. The lowest BCUT2D eigenvalue weighted by Gasteiger charge is -2.07. The summed E-state index contributed by atoms with van der Waals surface area (Å²) >= 11 is 0. The lowest BCUT2D eigenvalue weighted by atomic mass is 10.1. The van der Waals surface area contributed by atoms with Gasteiger partial charge in [-0.3, -0.25) is 0 Å². The minimum absolute atomic E-state index is 0.0844. The molecule has 3 aromatic carbocycles. The van der Waals surface area contributed by atoms with Crippen molar-refractivity contribution in [1.29, 1.82) is 0 Å². The molecule has 0 saturated carbocycles. The Hall–Kier alpha value is -4.26. The maximum absolute atomic E-state index is 12.3. The van der Waals surface area contributed by atoms with E-state index in [2.05, 4.69) is 6.92 Å². The molecule has 0 atom stereocenters. The van der Waals surface area contributed by atoms with E-state index in [1.807, 2.05) is 0 Å². The molecule has 0 amide bonds. The van der Waals surface area contributed by atoms with Gasteiger partial charge in [0.2, 0.25) is 0 Å². The lowest BCUT2D eigenvalue weighted by Crippen LogP contribution is -2.07. The summed E-state index contributed by atoms with van der Waals surface area (Å²) in [5, 5.41) is 0. The largest absolute Gasteiger partial charge is 0.494 e. The third-order valence-corrected chi connectivity index (χ3v) is 4.90. The smallest absolute Gasteiger partial charge is 0.338 e. The van der Waals surface area contributed by atoms with Crippen molar-refractivity contribution in [3.63, 3.8) is 0 Å². The van der Waals surface area contributed by atoms with Gasteiger partial charge in [-0.25, -0.2) is 9.59 Å². The third kappa shape index (κ3) is 8.55. The fourth-order valence-electron chi connectivity index (χ4n) is 3.10. The van der Waals surface area contributed by atoms with E-state index in [1.54, 1.807) is 79.2 Å². The van der Waals surface area contributed by atoms with Crippen LogP contribution >= 0.6 is 0 Å². The van der Waals surface area contributed by atoms with Crippen molar-refractivity contribution in [2.75, 3.05) is 24.7 Å². The molecule has 0 unspecified atom stereocenters. The predicted octanol–water partition coefficient (Wildman–Crippen LogP) is 5.06. The van der Waals surface area contributed by atoms with Crippen LogP contribution in [0.3, 0.4) is 0 Å². The lowest BCUT2D eigenvalue weighted by molar-refractivity contribution is -0.128. The number of benzene rings is 3. The molecule has 4 N–H and O–H groups in total. The van der Waals surface area contributed by atoms with Crippen LogP contribution in [-0.2, 0) is 9.53 Å². The zero-order valence-corrected chi connectivity index (χ0v) is 19.6. The topological polar surface area (TPSA) is 114 Å². The van der Waals surface area contributed by atoms with Crippen molar-refractivity contribution in [2.24, 2.45) is 0 Å². The van der Waals surface area contributed by atoms with Gasteiger partial charge in [0, 0.05) is 23.9 Å². The molecule has 181 valence electrons. The summed E-state index contributed by atoms with van der Waals surface area (Å²) in [6, 6.07) is 18.7. The second-order valence-corrected chi connectivity index (χ2v) is 7.79. The van der Waals surface area contributed by atoms with Crippen LogP contribution in [0.2, 0.25) is 0 Å². The first-order chi connectivity index (χ1) is 16.9. The number of ether oxygens (including phenoxy) is 3. The average molecular weight is 474 g/mol. The maximum atomic E-state index is 12.3. The van der Waals surface area contributed by atoms with E-state index in [0.717, 1.165) is 29.7 Å². The summed E-state index contributed by atoms with van der Waals surface area (Å²) in [6.45, 7) is 2.84. The van der Waals surface area contributed by atoms with Crippen molar-refractivity contribution in [3.8, 4) is 11.5 Å². The zero-order valence-electron chi connectivity index (χ0n) is 19.6. The number of carbonyl (C=O) groups is 2. The summed E-state index contributed by atoms with van der Waals surface area (Å²) in [5.41, 5.74) is 14.5. The van der Waals surface area contributed by atoms with Gasteiger partial charge >= 0.3 is 11.9 Å². The summed E-state index contributed by atoms with van der Waals surface area (Å²) in [5.74, 6) is 0.194. The molecule has 3 aromatic rings. The van der Waals surface area contributed by atoms with Crippen molar-refractivity contribution >= 4 is 29.4 Å². The fraction of sp³-hybridized carbons (Fsp3) is 0.179. The molecule has 0 saturated heterocycles. The molecule has 0 aromatic heterocycles. The molecular weight excluding hydrogens is 444 g/mol. The molecule has 7 nitrogen and oxygen atoms in total. The molecule has 1 radical (unpaired) electrons. The Kier molecular flexibility index (Phi) is 9.31. The zero-order chi connectivity index (χ0) is 25.0. The van der Waals surface area contributed by atoms with Crippen LogP contribution in [0, 0.1) is 6.42 Å². The summed E-state index contributed by atoms with van der Waals surface area (Å²) < 4.78 is 16.2. The van der Waals surface area contributed by atoms with Gasteiger partial charge in [-0.1, -0.05) is 25.5 Å². The molecule has 0 heterocycles. The normalized spacial score (nSPS) is 10.8. The van der Waals surface area contributed by atoms with E-state index in [-0.39, 0.29) is 6.61 Å². The van der Waals surface area contributed by atoms with E-state index in [9.17, 15) is 9.59 Å². The number of rotatable bonds is 11. The Bertz CT molecular complexity index is 1130. The van der Waals surface area contributed by atoms with Gasteiger partial charge in [-0.05, 0) is 78.2 Å². The number of hydrogen-bond acceptors (Lipinski definition) is 7. The van der Waals surface area contributed by atoms with E-state index < -0.39 is 11.9 Å². The number of hydrogen-bond donors (Lipinski definition) is 2. The van der Waals surface area contributed by atoms with Crippen LogP contribution in [0.1, 0.15) is 41.3 Å². The number of anilines is 2. The fourth-order valence-corrected chi connectivity index (χ4v) is 3.10. The third-order valence-electron chi connectivity index (χ3n) is 4.90. The van der Waals surface area contributed by atoms with Crippen LogP contribution in [0.15, 0.2) is 72.8 Å². The average Bonchev–Trinajstić information content (AvgIpc) is 2.84. The molecule has 0 bridgehead atoms. The van der Waals surface area contributed by atoms with Crippen LogP contribution in [0.4, 0.5) is 11.4 Å². The summed E-state index contributed by atoms with van der Waals surface area (Å²) in [7, 11) is 0. The van der Waals surface area contributed by atoms with Crippen molar-refractivity contribution < 1.29 is 23.8 Å². The van der Waals surface area contributed by atoms with Crippen molar-refractivity contribution in [3.05, 3.63) is 95.9 Å². The first-order valence-electron chi connectivity index (χ1n) is 11.3. The molecule has 3 rings (SSSR count). The first-order valence-corrected chi connectivity index (χ1v) is 11.3. The summed E-state index contributed by atoms with van der Waals surface area (Å²) in [6.07, 6.45) is 6.71. The Morgan fingerprint density at radius 3 is 2.17 bits per heavy atom. The van der Waals surface area contributed by atoms with Gasteiger partial charge in [-0.2, -0.15) is 0 Å².